The van der Waals surface area contributed by atoms with Crippen molar-refractivity contribution in [3.63, 3.8) is 0 Å². The minimum Gasteiger partial charge on any atom is -0.462 e. The van der Waals surface area contributed by atoms with E-state index in [1.807, 2.05) is 0 Å². The van der Waals surface area contributed by atoms with Gasteiger partial charge in [0.2, 0.25) is 0 Å². The van der Waals surface area contributed by atoms with Gasteiger partial charge in [-0.2, -0.15) is 0 Å². The molecule has 3 unspecified atom stereocenters. The number of ether oxygens (including phenoxy) is 4. The molecular weight excluding hydrogens is 1410 g/mol. The van der Waals surface area contributed by atoms with Crippen LogP contribution in [0.2, 0.25) is 0 Å². The zero-order valence-corrected chi connectivity index (χ0v) is 73.8. The molecule has 0 aromatic rings. The van der Waals surface area contributed by atoms with Gasteiger partial charge in [-0.3, -0.25) is 37.3 Å². The Hall–Kier alpha value is -1.94. The molecule has 0 aromatic carbocycles. The van der Waals surface area contributed by atoms with Crippen LogP contribution in [0.15, 0.2) is 0 Å². The topological polar surface area (TPSA) is 237 Å². The summed E-state index contributed by atoms with van der Waals surface area (Å²) in [5.41, 5.74) is 0. The summed E-state index contributed by atoms with van der Waals surface area (Å²) in [5.74, 6) is 0.260. The molecule has 0 fully saturated rings. The van der Waals surface area contributed by atoms with Crippen molar-refractivity contribution in [1.82, 2.24) is 0 Å². The third-order valence-corrected chi connectivity index (χ3v) is 23.4. The van der Waals surface area contributed by atoms with E-state index in [1.54, 1.807) is 0 Å². The van der Waals surface area contributed by atoms with Crippen LogP contribution in [0.25, 0.3) is 0 Å². The zero-order chi connectivity index (χ0) is 80.0. The average molecular weight is 1590 g/mol. The number of unbranched alkanes of at least 4 members (excludes halogenated alkanes) is 55. The van der Waals surface area contributed by atoms with Gasteiger partial charge in [0.15, 0.2) is 12.2 Å². The smallest absolute Gasteiger partial charge is 0.462 e. The van der Waals surface area contributed by atoms with Crippen LogP contribution < -0.4 is 0 Å². The summed E-state index contributed by atoms with van der Waals surface area (Å²) in [7, 11) is -9.93. The highest BCUT2D eigenvalue weighted by Gasteiger charge is 2.31. The predicted octanol–water partition coefficient (Wildman–Crippen LogP) is 27.6. The molecule has 0 saturated carbocycles. The standard InChI is InChI=1S/C90H176O17P2/c1-8-10-11-12-13-14-15-16-17-18-19-23-30-35-40-45-50-60-67-74-90(95)107-86(78-101-88(93)72-65-58-53-52-55-62-69-82(5)6)80-105-109(98,99)103-76-84(91)75-102-108(96,97)104-79-85(77-100-87(92)71-64-57-49-44-39-34-29-26-25-27-32-37-42-47-54-61-68-81(3)4)106-89(94)73-66-59-51-46-41-36-31-24-21-20-22-28-33-38-43-48-56-63-70-83(7)9-2/h81-86,91H,8-80H2,1-7H3,(H,96,97)(H,98,99)/t83?,84-,85-,86-/m1/s1. The molecule has 648 valence electrons. The monoisotopic (exact) mass is 1590 g/mol. The lowest BCUT2D eigenvalue weighted by atomic mass is 9.99. The van der Waals surface area contributed by atoms with Crippen molar-refractivity contribution >= 4 is 39.5 Å². The molecule has 0 heterocycles. The minimum absolute atomic E-state index is 0.108. The van der Waals surface area contributed by atoms with Crippen molar-refractivity contribution in [2.75, 3.05) is 39.6 Å². The lowest BCUT2D eigenvalue weighted by molar-refractivity contribution is -0.161. The Labute approximate surface area is 670 Å². The summed E-state index contributed by atoms with van der Waals surface area (Å²) < 4.78 is 69.0. The number of carbonyl (C=O) groups is 4. The van der Waals surface area contributed by atoms with Crippen LogP contribution in [0.4, 0.5) is 0 Å². The normalized spacial score (nSPS) is 14.1. The Bertz CT molecular complexity index is 2100. The van der Waals surface area contributed by atoms with Crippen LogP contribution >= 0.6 is 15.6 Å². The minimum atomic E-state index is -4.97. The Morgan fingerprint density at radius 1 is 0.266 bits per heavy atom. The van der Waals surface area contributed by atoms with E-state index < -0.39 is 97.5 Å². The maximum Gasteiger partial charge on any atom is 0.472 e. The number of phosphoric ester groups is 2. The molecule has 0 rings (SSSR count). The molecule has 0 radical (unpaired) electrons. The maximum atomic E-state index is 13.2. The van der Waals surface area contributed by atoms with Gasteiger partial charge < -0.3 is 33.8 Å². The SMILES string of the molecule is CCCCCCCCCCCCCCCCCCCCCC(=O)O[C@H](COC(=O)CCCCCCCCC(C)C)COP(=O)(O)OC[C@H](O)COP(=O)(O)OC[C@@H](COC(=O)CCCCCCCCCCCCCCCCCCC(C)C)OC(=O)CCCCCCCCCCCCCCCCCCCCC(C)CC. The van der Waals surface area contributed by atoms with E-state index >= 15 is 0 Å². The zero-order valence-electron chi connectivity index (χ0n) is 72.0. The molecule has 0 amide bonds. The summed E-state index contributed by atoms with van der Waals surface area (Å²) in [4.78, 5) is 73.3. The fourth-order valence-electron chi connectivity index (χ4n) is 14.0. The first kappa shape index (κ1) is 107. The van der Waals surface area contributed by atoms with Gasteiger partial charge >= 0.3 is 39.5 Å². The molecule has 19 heteroatoms. The second kappa shape index (κ2) is 79.9. The van der Waals surface area contributed by atoms with Crippen LogP contribution in [0.3, 0.4) is 0 Å². The van der Waals surface area contributed by atoms with Crippen molar-refractivity contribution in [3.05, 3.63) is 0 Å². The highest BCUT2D eigenvalue weighted by atomic mass is 31.2. The van der Waals surface area contributed by atoms with E-state index in [1.165, 1.54) is 283 Å². The fraction of sp³-hybridized carbons (Fsp3) is 0.956. The fourth-order valence-corrected chi connectivity index (χ4v) is 15.6. The second-order valence-corrected chi connectivity index (χ2v) is 36.4. The highest BCUT2D eigenvalue weighted by molar-refractivity contribution is 7.47. The molecule has 0 saturated heterocycles. The molecule has 0 aliphatic carbocycles. The van der Waals surface area contributed by atoms with Gasteiger partial charge in [0.05, 0.1) is 26.4 Å². The quantitative estimate of drug-likeness (QED) is 0.0222. The summed E-state index contributed by atoms with van der Waals surface area (Å²) in [6.45, 7) is 12.0. The number of hydrogen-bond donors (Lipinski definition) is 3. The molecule has 6 atom stereocenters. The molecule has 0 aliphatic heterocycles. The molecule has 0 bridgehead atoms. The van der Waals surface area contributed by atoms with Gasteiger partial charge in [-0.1, -0.05) is 427 Å². The van der Waals surface area contributed by atoms with Gasteiger partial charge in [-0.25, -0.2) is 9.13 Å². The first-order chi connectivity index (χ1) is 52.8. The molecule has 109 heavy (non-hydrogen) atoms. The lowest BCUT2D eigenvalue weighted by Crippen LogP contribution is -2.30. The van der Waals surface area contributed by atoms with Crippen LogP contribution in [0.1, 0.15) is 479 Å². The van der Waals surface area contributed by atoms with E-state index in [2.05, 4.69) is 48.5 Å². The van der Waals surface area contributed by atoms with Gasteiger partial charge in [0.1, 0.15) is 19.3 Å². The Balaban J connectivity index is 5.20. The van der Waals surface area contributed by atoms with E-state index in [0.717, 1.165) is 108 Å². The van der Waals surface area contributed by atoms with Crippen molar-refractivity contribution in [2.24, 2.45) is 17.8 Å². The van der Waals surface area contributed by atoms with Crippen LogP contribution in [0, 0.1) is 17.8 Å². The molecule has 0 aliphatic rings. The van der Waals surface area contributed by atoms with Gasteiger partial charge in [0.25, 0.3) is 0 Å². The Morgan fingerprint density at radius 3 is 0.697 bits per heavy atom. The van der Waals surface area contributed by atoms with Crippen LogP contribution in [-0.2, 0) is 65.4 Å². The van der Waals surface area contributed by atoms with Gasteiger partial charge in [0, 0.05) is 25.7 Å². The number of esters is 4. The number of hydrogen-bond acceptors (Lipinski definition) is 15. The van der Waals surface area contributed by atoms with E-state index in [0.29, 0.717) is 31.6 Å². The van der Waals surface area contributed by atoms with Gasteiger partial charge in [-0.05, 0) is 43.4 Å². The summed E-state index contributed by atoms with van der Waals surface area (Å²) in [5, 5.41) is 10.7. The molecular formula is C90H176O17P2. The third kappa shape index (κ3) is 82.4. The van der Waals surface area contributed by atoms with E-state index in [-0.39, 0.29) is 25.7 Å². The van der Waals surface area contributed by atoms with E-state index in [9.17, 15) is 43.2 Å². The molecule has 3 N–H and O–H groups in total. The molecule has 17 nitrogen and oxygen atoms in total. The van der Waals surface area contributed by atoms with Crippen molar-refractivity contribution < 1.29 is 80.2 Å². The predicted molar refractivity (Wildman–Crippen MR) is 451 cm³/mol. The van der Waals surface area contributed by atoms with Crippen LogP contribution in [0.5, 0.6) is 0 Å². The first-order valence-corrected chi connectivity index (χ1v) is 49.4. The number of aliphatic hydroxyl groups is 1. The molecule has 0 aromatic heterocycles. The Kier molecular flexibility index (Phi) is 78.5. The Morgan fingerprint density at radius 2 is 0.468 bits per heavy atom. The number of aliphatic hydroxyl groups excluding tert-OH is 1. The van der Waals surface area contributed by atoms with E-state index in [4.69, 9.17) is 37.0 Å². The first-order valence-electron chi connectivity index (χ1n) is 46.4. The van der Waals surface area contributed by atoms with Crippen molar-refractivity contribution in [3.8, 4) is 0 Å². The van der Waals surface area contributed by atoms with Gasteiger partial charge in [-0.15, -0.1) is 0 Å². The second-order valence-electron chi connectivity index (χ2n) is 33.5. The largest absolute Gasteiger partial charge is 0.472 e. The lowest BCUT2D eigenvalue weighted by Gasteiger charge is -2.21. The summed E-state index contributed by atoms with van der Waals surface area (Å²) >= 11 is 0. The number of rotatable bonds is 88. The maximum absolute atomic E-state index is 13.2. The van der Waals surface area contributed by atoms with Crippen LogP contribution in [-0.4, -0.2) is 96.7 Å². The third-order valence-electron chi connectivity index (χ3n) is 21.5. The average Bonchev–Trinajstić information content (AvgIpc) is 0.925. The highest BCUT2D eigenvalue weighted by Crippen LogP contribution is 2.45. The number of carbonyl (C=O) groups excluding carboxylic acids is 4. The molecule has 0 spiro atoms. The summed E-state index contributed by atoms with van der Waals surface area (Å²) in [6.07, 6.45) is 72.5. The number of phosphoric acid groups is 2. The van der Waals surface area contributed by atoms with Crippen molar-refractivity contribution in [2.45, 2.75) is 497 Å². The summed E-state index contributed by atoms with van der Waals surface area (Å²) in [6, 6.07) is 0. The van der Waals surface area contributed by atoms with Crippen molar-refractivity contribution in [1.29, 1.82) is 0 Å².